The summed E-state index contributed by atoms with van der Waals surface area (Å²) in [6.07, 6.45) is 15.6. The highest BCUT2D eigenvalue weighted by Crippen LogP contribution is 2.68. The summed E-state index contributed by atoms with van der Waals surface area (Å²) in [4.78, 5) is 39.6. The molecule has 4 saturated carbocycles. The molecule has 0 bridgehead atoms. The van der Waals surface area contributed by atoms with Crippen LogP contribution in [0.5, 0.6) is 0 Å². The third-order valence-electron chi connectivity index (χ3n) is 12.9. The van der Waals surface area contributed by atoms with E-state index in [0.717, 1.165) is 30.1 Å². The van der Waals surface area contributed by atoms with Crippen molar-refractivity contribution in [3.8, 4) is 0 Å². The molecule has 1 heterocycles. The van der Waals surface area contributed by atoms with E-state index in [9.17, 15) is 14.4 Å². The predicted octanol–water partition coefficient (Wildman–Crippen LogP) is 7.53. The van der Waals surface area contributed by atoms with Crippen molar-refractivity contribution < 1.29 is 19.1 Å². The first-order valence-electron chi connectivity index (χ1n) is 17.0. The Balaban J connectivity index is 1.14. The summed E-state index contributed by atoms with van der Waals surface area (Å²) in [6.45, 7) is 15.0. The summed E-state index contributed by atoms with van der Waals surface area (Å²) < 4.78 is 5.53. The van der Waals surface area contributed by atoms with Crippen molar-refractivity contribution >= 4 is 17.8 Å². The number of Topliss-reactive ketones (excluding diaryl/α,β-unsaturated/α-hetero) is 1. The third-order valence-corrected chi connectivity index (χ3v) is 12.9. The first-order valence-corrected chi connectivity index (χ1v) is 17.0. The molecule has 1 aliphatic heterocycles. The Morgan fingerprint density at radius 1 is 0.951 bits per heavy atom. The summed E-state index contributed by atoms with van der Waals surface area (Å²) in [5.74, 6) is 4.90. The second kappa shape index (κ2) is 11.5. The minimum atomic E-state index is -0.627. The van der Waals surface area contributed by atoms with Gasteiger partial charge in [0.1, 0.15) is 5.60 Å². The number of likely N-dealkylation sites (tertiary alicyclic amines) is 1. The number of nitrogens with zero attached hydrogens (tertiary/aromatic N) is 1. The maximum absolute atomic E-state index is 13.1. The van der Waals surface area contributed by atoms with E-state index < -0.39 is 17.7 Å². The van der Waals surface area contributed by atoms with Gasteiger partial charge in [-0.2, -0.15) is 0 Å². The van der Waals surface area contributed by atoms with Crippen molar-refractivity contribution in [1.29, 1.82) is 0 Å². The molecule has 0 aromatic heterocycles. The number of rotatable bonds is 6. The average Bonchev–Trinajstić information content (AvgIpc) is 3.47. The number of nitrogens with one attached hydrogen (secondary N) is 1. The highest BCUT2D eigenvalue weighted by atomic mass is 16.6. The highest BCUT2D eigenvalue weighted by molar-refractivity contribution is 5.86. The van der Waals surface area contributed by atoms with Gasteiger partial charge in [-0.05, 0) is 138 Å². The van der Waals surface area contributed by atoms with Crippen molar-refractivity contribution in [2.45, 2.75) is 150 Å². The van der Waals surface area contributed by atoms with E-state index in [1.807, 2.05) is 20.8 Å². The van der Waals surface area contributed by atoms with Gasteiger partial charge in [0.2, 0.25) is 5.91 Å². The average molecular weight is 571 g/mol. The number of hydrogen-bond acceptors (Lipinski definition) is 4. The maximum Gasteiger partial charge on any atom is 0.410 e. The van der Waals surface area contributed by atoms with Gasteiger partial charge in [0, 0.05) is 19.0 Å². The molecular formula is C35H58N2O4. The second-order valence-corrected chi connectivity index (χ2v) is 16.4. The van der Waals surface area contributed by atoms with Crippen LogP contribution in [-0.4, -0.2) is 46.9 Å². The van der Waals surface area contributed by atoms with E-state index in [4.69, 9.17) is 4.74 Å². The van der Waals surface area contributed by atoms with Crippen molar-refractivity contribution in [2.24, 2.45) is 46.3 Å². The SMILES string of the molecule is CC(=O)[C@@H]1C[C@H](NC(=O)CC[C@@H](C)[C@H]2CCC3C4CCC5CCCC[C@]5(C)C4CC[C@@]32C)CN1C(=O)OC(C)(C)C. The number of carbonyl (C=O) groups excluding carboxylic acids is 3. The number of amides is 2. The van der Waals surface area contributed by atoms with Crippen molar-refractivity contribution in [2.75, 3.05) is 6.54 Å². The van der Waals surface area contributed by atoms with E-state index in [-0.39, 0.29) is 17.7 Å². The lowest BCUT2D eigenvalue weighted by Gasteiger charge is -2.61. The molecular weight excluding hydrogens is 512 g/mol. The van der Waals surface area contributed by atoms with Gasteiger partial charge >= 0.3 is 6.09 Å². The molecule has 232 valence electrons. The largest absolute Gasteiger partial charge is 0.444 e. The monoisotopic (exact) mass is 570 g/mol. The van der Waals surface area contributed by atoms with Crippen LogP contribution in [-0.2, 0) is 14.3 Å². The normalized spacial score (nSPS) is 41.1. The lowest BCUT2D eigenvalue weighted by atomic mass is 9.44. The molecule has 41 heavy (non-hydrogen) atoms. The number of ether oxygens (including phenoxy) is 1. The fourth-order valence-corrected chi connectivity index (χ4v) is 11.0. The summed E-state index contributed by atoms with van der Waals surface area (Å²) in [5.41, 5.74) is 0.381. The molecule has 0 radical (unpaired) electrons. The zero-order chi connectivity index (χ0) is 29.7. The molecule has 4 aliphatic carbocycles. The molecule has 0 spiro atoms. The van der Waals surface area contributed by atoms with Crippen LogP contribution < -0.4 is 5.32 Å². The van der Waals surface area contributed by atoms with E-state index >= 15 is 0 Å². The van der Waals surface area contributed by atoms with Gasteiger partial charge in [-0.3, -0.25) is 14.5 Å². The fourth-order valence-electron chi connectivity index (χ4n) is 11.0. The van der Waals surface area contributed by atoms with Gasteiger partial charge in [0.05, 0.1) is 6.04 Å². The maximum atomic E-state index is 13.1. The quantitative estimate of drug-likeness (QED) is 0.358. The van der Waals surface area contributed by atoms with Crippen LogP contribution in [0.2, 0.25) is 0 Å². The van der Waals surface area contributed by atoms with Crippen LogP contribution in [0.15, 0.2) is 0 Å². The fraction of sp³-hybridized carbons (Fsp3) is 0.914. The summed E-state index contributed by atoms with van der Waals surface area (Å²) >= 11 is 0. The summed E-state index contributed by atoms with van der Waals surface area (Å²) in [5, 5.41) is 3.15. The lowest BCUT2D eigenvalue weighted by Crippen LogP contribution is -2.53. The molecule has 4 unspecified atom stereocenters. The zero-order valence-electron chi connectivity index (χ0n) is 27.1. The molecule has 5 fully saturated rings. The molecule has 2 amide bonds. The first-order chi connectivity index (χ1) is 19.2. The van der Waals surface area contributed by atoms with Gasteiger partial charge in [-0.15, -0.1) is 0 Å². The Morgan fingerprint density at radius 2 is 1.68 bits per heavy atom. The Kier molecular flexibility index (Phi) is 8.64. The standard InChI is InChI=1S/C35H58N2O4/c1-22(11-16-31(39)36-25-20-30(23(2)38)37(21-25)32(40)41-33(3,4)5)27-14-15-28-26-13-12-24-10-8-9-18-34(24,6)29(26)17-19-35(27,28)7/h22,24-30H,8-21H2,1-7H3,(H,36,39)/t22-,24?,25+,26?,27-,28?,29?,30+,34+,35-/m1/s1. The third kappa shape index (κ3) is 5.96. The Labute approximate surface area is 249 Å². The van der Waals surface area contributed by atoms with E-state index in [1.54, 1.807) is 0 Å². The minimum Gasteiger partial charge on any atom is -0.444 e. The summed E-state index contributed by atoms with van der Waals surface area (Å²) in [7, 11) is 0. The summed E-state index contributed by atoms with van der Waals surface area (Å²) in [6, 6.07) is -0.746. The molecule has 5 rings (SSSR count). The van der Waals surface area contributed by atoms with Crippen molar-refractivity contribution in [3.05, 3.63) is 0 Å². The van der Waals surface area contributed by atoms with Crippen LogP contribution in [0.25, 0.3) is 0 Å². The van der Waals surface area contributed by atoms with Crippen molar-refractivity contribution in [3.63, 3.8) is 0 Å². The van der Waals surface area contributed by atoms with Crippen LogP contribution in [0.3, 0.4) is 0 Å². The number of carbonyl (C=O) groups is 3. The number of ketones is 1. The van der Waals surface area contributed by atoms with E-state index in [1.165, 1.54) is 76.0 Å². The van der Waals surface area contributed by atoms with Gasteiger partial charge < -0.3 is 10.1 Å². The molecule has 6 heteroatoms. The van der Waals surface area contributed by atoms with Gasteiger partial charge in [-0.25, -0.2) is 4.79 Å². The van der Waals surface area contributed by atoms with Crippen LogP contribution in [0.1, 0.15) is 132 Å². The van der Waals surface area contributed by atoms with Crippen LogP contribution >= 0.6 is 0 Å². The number of fused-ring (bicyclic) bond motifs is 5. The zero-order valence-corrected chi connectivity index (χ0v) is 27.1. The predicted molar refractivity (Wildman–Crippen MR) is 162 cm³/mol. The topological polar surface area (TPSA) is 75.7 Å². The van der Waals surface area contributed by atoms with E-state index in [2.05, 4.69) is 26.1 Å². The molecule has 1 N–H and O–H groups in total. The van der Waals surface area contributed by atoms with Crippen LogP contribution in [0.4, 0.5) is 4.79 Å². The minimum absolute atomic E-state index is 0.0437. The van der Waals surface area contributed by atoms with Crippen molar-refractivity contribution in [1.82, 2.24) is 10.2 Å². The van der Waals surface area contributed by atoms with Gasteiger partial charge in [0.15, 0.2) is 5.78 Å². The molecule has 5 aliphatic rings. The highest BCUT2D eigenvalue weighted by Gasteiger charge is 2.60. The van der Waals surface area contributed by atoms with Crippen LogP contribution in [0, 0.1) is 46.3 Å². The second-order valence-electron chi connectivity index (χ2n) is 16.4. The Morgan fingerprint density at radius 3 is 2.39 bits per heavy atom. The van der Waals surface area contributed by atoms with Gasteiger partial charge in [-0.1, -0.05) is 33.6 Å². The Bertz CT molecular complexity index is 1000. The molecule has 0 aromatic rings. The molecule has 10 atom stereocenters. The first kappa shape index (κ1) is 30.9. The molecule has 0 aromatic carbocycles. The van der Waals surface area contributed by atoms with Gasteiger partial charge in [0.25, 0.3) is 0 Å². The number of hydrogen-bond donors (Lipinski definition) is 1. The molecule has 1 saturated heterocycles. The molecule has 6 nitrogen and oxygen atoms in total. The van der Waals surface area contributed by atoms with E-state index in [0.29, 0.717) is 42.1 Å². The Hall–Kier alpha value is -1.59. The lowest BCUT2D eigenvalue weighted by molar-refractivity contribution is -0.123. The smallest absolute Gasteiger partial charge is 0.410 e.